The van der Waals surface area contributed by atoms with Crippen LogP contribution in [0.4, 0.5) is 0 Å². The van der Waals surface area contributed by atoms with Crippen molar-refractivity contribution in [3.63, 3.8) is 0 Å². The van der Waals surface area contributed by atoms with Crippen molar-refractivity contribution in [3.8, 4) is 0 Å². The predicted molar refractivity (Wildman–Crippen MR) is 78.8 cm³/mol. The van der Waals surface area contributed by atoms with Gasteiger partial charge < -0.3 is 0 Å². The minimum Gasteiger partial charge on any atom is -0.206 e. The molecule has 2 unspecified atom stereocenters. The van der Waals surface area contributed by atoms with E-state index in [0.717, 1.165) is 19.3 Å². The fraction of sp³-hybridized carbons (Fsp3) is 0.636. The summed E-state index contributed by atoms with van der Waals surface area (Å²) in [5.74, 6) is 0. The van der Waals surface area contributed by atoms with Crippen LogP contribution in [0.2, 0.25) is 5.02 Å². The molecule has 0 saturated carbocycles. The van der Waals surface area contributed by atoms with Crippen LogP contribution in [0, 0.1) is 0 Å². The minimum absolute atomic E-state index is 0.0691. The molecule has 0 amide bonds. The van der Waals surface area contributed by atoms with Crippen LogP contribution in [0.3, 0.4) is 0 Å². The molecule has 0 spiro atoms. The van der Waals surface area contributed by atoms with Crippen molar-refractivity contribution in [2.75, 3.05) is 0 Å². The van der Waals surface area contributed by atoms with Gasteiger partial charge >= 0.3 is 0 Å². The standard InChI is InChI=1S/C11H15BrClNO2S2/c1-3-8-5-4-7(2)14(8)18(15,16)10-6-9(13)11(12)17-10/h6-8H,3-5H2,1-2H3. The number of rotatable bonds is 3. The maximum Gasteiger partial charge on any atom is 0.253 e. The van der Waals surface area contributed by atoms with Crippen molar-refractivity contribution < 1.29 is 8.42 Å². The van der Waals surface area contributed by atoms with Crippen molar-refractivity contribution in [2.45, 2.75) is 49.4 Å². The molecule has 0 aliphatic carbocycles. The molecule has 2 rings (SSSR count). The van der Waals surface area contributed by atoms with Crippen molar-refractivity contribution in [1.82, 2.24) is 4.31 Å². The lowest BCUT2D eigenvalue weighted by atomic mass is 10.2. The van der Waals surface area contributed by atoms with Gasteiger partial charge in [-0.3, -0.25) is 0 Å². The SMILES string of the molecule is CCC1CCC(C)N1S(=O)(=O)c1cc(Cl)c(Br)s1. The molecule has 1 aromatic rings. The highest BCUT2D eigenvalue weighted by atomic mass is 79.9. The monoisotopic (exact) mass is 371 g/mol. The lowest BCUT2D eigenvalue weighted by Crippen LogP contribution is -2.39. The number of hydrogen-bond donors (Lipinski definition) is 0. The van der Waals surface area contributed by atoms with Crippen LogP contribution in [-0.4, -0.2) is 24.8 Å². The second-order valence-corrected chi connectivity index (χ2v) is 9.36. The average molecular weight is 373 g/mol. The minimum atomic E-state index is -3.41. The Labute approximate surface area is 125 Å². The van der Waals surface area contributed by atoms with Gasteiger partial charge in [0.1, 0.15) is 4.21 Å². The van der Waals surface area contributed by atoms with Crippen LogP contribution in [0.25, 0.3) is 0 Å². The summed E-state index contributed by atoms with van der Waals surface area (Å²) in [6, 6.07) is 1.72. The van der Waals surface area contributed by atoms with Crippen molar-refractivity contribution in [2.24, 2.45) is 0 Å². The van der Waals surface area contributed by atoms with Gasteiger partial charge in [-0.1, -0.05) is 18.5 Å². The summed E-state index contributed by atoms with van der Waals surface area (Å²) in [4.78, 5) is 0. The number of hydrogen-bond acceptors (Lipinski definition) is 3. The second kappa shape index (κ2) is 5.40. The Hall–Kier alpha value is 0.380. The van der Waals surface area contributed by atoms with Gasteiger partial charge in [-0.25, -0.2) is 8.42 Å². The van der Waals surface area contributed by atoms with E-state index in [9.17, 15) is 8.42 Å². The van der Waals surface area contributed by atoms with E-state index >= 15 is 0 Å². The Morgan fingerprint density at radius 2 is 2.22 bits per heavy atom. The Morgan fingerprint density at radius 1 is 1.56 bits per heavy atom. The molecular formula is C11H15BrClNO2S2. The molecule has 1 saturated heterocycles. The number of nitrogens with zero attached hydrogens (tertiary/aromatic N) is 1. The Morgan fingerprint density at radius 3 is 2.72 bits per heavy atom. The largest absolute Gasteiger partial charge is 0.253 e. The molecule has 3 nitrogen and oxygen atoms in total. The van der Waals surface area contributed by atoms with Gasteiger partial charge in [-0.05, 0) is 48.2 Å². The summed E-state index contributed by atoms with van der Waals surface area (Å²) >= 11 is 10.4. The summed E-state index contributed by atoms with van der Waals surface area (Å²) in [5.41, 5.74) is 0. The summed E-state index contributed by atoms with van der Waals surface area (Å²) in [7, 11) is -3.41. The second-order valence-electron chi connectivity index (χ2n) is 4.51. The van der Waals surface area contributed by atoms with E-state index in [1.807, 2.05) is 13.8 Å². The third-order valence-corrected chi connectivity index (χ3v) is 8.33. The number of thiophene rings is 1. The molecule has 1 aromatic heterocycles. The average Bonchev–Trinajstić information content (AvgIpc) is 2.84. The summed E-state index contributed by atoms with van der Waals surface area (Å²) in [6.45, 7) is 4.00. The molecule has 0 radical (unpaired) electrons. The van der Waals surface area contributed by atoms with Gasteiger partial charge in [0.2, 0.25) is 0 Å². The third-order valence-electron chi connectivity index (χ3n) is 3.34. The van der Waals surface area contributed by atoms with E-state index in [1.54, 1.807) is 4.31 Å². The summed E-state index contributed by atoms with van der Waals surface area (Å²) in [6.07, 6.45) is 2.72. The van der Waals surface area contributed by atoms with Crippen molar-refractivity contribution in [1.29, 1.82) is 0 Å². The predicted octanol–water partition coefficient (Wildman–Crippen LogP) is 4.12. The topological polar surface area (TPSA) is 37.4 Å². The highest BCUT2D eigenvalue weighted by molar-refractivity contribution is 9.11. The first-order valence-electron chi connectivity index (χ1n) is 5.86. The normalized spacial score (nSPS) is 25.8. The zero-order chi connectivity index (χ0) is 13.5. The van der Waals surface area contributed by atoms with E-state index in [1.165, 1.54) is 17.4 Å². The molecule has 2 atom stereocenters. The van der Waals surface area contributed by atoms with E-state index in [2.05, 4.69) is 15.9 Å². The van der Waals surface area contributed by atoms with E-state index in [4.69, 9.17) is 11.6 Å². The first kappa shape index (κ1) is 14.8. The van der Waals surface area contributed by atoms with Gasteiger partial charge in [0.25, 0.3) is 10.0 Å². The number of halogens is 2. The lowest BCUT2D eigenvalue weighted by Gasteiger charge is -2.26. The first-order valence-corrected chi connectivity index (χ1v) is 9.29. The van der Waals surface area contributed by atoms with Crippen LogP contribution in [0.1, 0.15) is 33.1 Å². The zero-order valence-electron chi connectivity index (χ0n) is 10.2. The van der Waals surface area contributed by atoms with Gasteiger partial charge in [-0.2, -0.15) is 4.31 Å². The van der Waals surface area contributed by atoms with Crippen molar-refractivity contribution in [3.05, 3.63) is 14.9 Å². The Balaban J connectivity index is 2.41. The van der Waals surface area contributed by atoms with Gasteiger partial charge in [-0.15, -0.1) is 11.3 Å². The molecular weight excluding hydrogens is 358 g/mol. The maximum absolute atomic E-state index is 12.6. The Bertz CT molecular complexity index is 524. The molecule has 0 bridgehead atoms. The van der Waals surface area contributed by atoms with Gasteiger partial charge in [0.05, 0.1) is 8.81 Å². The molecule has 0 N–H and O–H groups in total. The number of sulfonamides is 1. The van der Waals surface area contributed by atoms with Crippen LogP contribution in [0.15, 0.2) is 14.1 Å². The zero-order valence-corrected chi connectivity index (χ0v) is 14.2. The molecule has 18 heavy (non-hydrogen) atoms. The van der Waals surface area contributed by atoms with Crippen LogP contribution in [0.5, 0.6) is 0 Å². The fourth-order valence-corrected chi connectivity index (χ4v) is 6.88. The smallest absolute Gasteiger partial charge is 0.206 e. The quantitative estimate of drug-likeness (QED) is 0.800. The highest BCUT2D eigenvalue weighted by Crippen LogP contribution is 2.39. The van der Waals surface area contributed by atoms with E-state index < -0.39 is 10.0 Å². The molecule has 102 valence electrons. The summed E-state index contributed by atoms with van der Waals surface area (Å²) in [5, 5.41) is 0.457. The molecule has 0 aromatic carbocycles. The molecule has 1 aliphatic heterocycles. The molecule has 2 heterocycles. The molecule has 1 fully saturated rings. The molecule has 1 aliphatic rings. The van der Waals surface area contributed by atoms with Crippen LogP contribution in [-0.2, 0) is 10.0 Å². The first-order chi connectivity index (χ1) is 8.37. The van der Waals surface area contributed by atoms with Crippen LogP contribution >= 0.6 is 38.9 Å². The van der Waals surface area contributed by atoms with E-state index in [-0.39, 0.29) is 12.1 Å². The molecule has 7 heteroatoms. The maximum atomic E-state index is 12.6. The van der Waals surface area contributed by atoms with Crippen LogP contribution < -0.4 is 0 Å². The van der Waals surface area contributed by atoms with Gasteiger partial charge in [0.15, 0.2) is 0 Å². The van der Waals surface area contributed by atoms with Gasteiger partial charge in [0, 0.05) is 12.1 Å². The fourth-order valence-electron chi connectivity index (χ4n) is 2.42. The summed E-state index contributed by atoms with van der Waals surface area (Å²) < 4.78 is 27.9. The van der Waals surface area contributed by atoms with E-state index in [0.29, 0.717) is 13.0 Å². The lowest BCUT2D eigenvalue weighted by molar-refractivity contribution is 0.329. The highest BCUT2D eigenvalue weighted by Gasteiger charge is 2.40. The third kappa shape index (κ3) is 2.50. The Kier molecular flexibility index (Phi) is 4.44. The van der Waals surface area contributed by atoms with Crippen molar-refractivity contribution >= 4 is 48.9 Å².